The lowest BCUT2D eigenvalue weighted by Gasteiger charge is -2.01. The fraction of sp³-hybridized carbons (Fsp3) is 0.182. The number of carbonyl (C=O) groups excluding carboxylic acids is 1. The van der Waals surface area contributed by atoms with Crippen molar-refractivity contribution < 1.29 is 4.79 Å². The zero-order valence-electron chi connectivity index (χ0n) is 9.01. The lowest BCUT2D eigenvalue weighted by Crippen LogP contribution is -1.85. The second-order valence-electron chi connectivity index (χ2n) is 3.23. The third-order valence-corrected chi connectivity index (χ3v) is 4.18. The topological polar surface area (TPSA) is 42.9 Å². The van der Waals surface area contributed by atoms with E-state index in [0.717, 1.165) is 27.8 Å². The maximum atomic E-state index is 10.9. The summed E-state index contributed by atoms with van der Waals surface area (Å²) >= 11 is 8.62. The summed E-state index contributed by atoms with van der Waals surface area (Å²) < 4.78 is 5.04. The Hall–Kier alpha value is -0.910. The summed E-state index contributed by atoms with van der Waals surface area (Å²) in [6.07, 6.45) is 1.62. The molecule has 0 aliphatic carbocycles. The zero-order chi connectivity index (χ0) is 12.3. The van der Waals surface area contributed by atoms with E-state index in [1.807, 2.05) is 13.0 Å². The third kappa shape index (κ3) is 3.06. The molecule has 0 unspecified atom stereocenters. The molecule has 1 aromatic carbocycles. The van der Waals surface area contributed by atoms with Gasteiger partial charge in [0, 0.05) is 21.9 Å². The number of halogens is 1. The Kier molecular flexibility index (Phi) is 4.15. The van der Waals surface area contributed by atoms with Crippen LogP contribution in [0.15, 0.2) is 27.4 Å². The van der Waals surface area contributed by atoms with Crippen LogP contribution in [0.4, 0.5) is 0 Å². The highest BCUT2D eigenvalue weighted by molar-refractivity contribution is 8.01. The summed E-state index contributed by atoms with van der Waals surface area (Å²) in [6.45, 7) is 2.01. The minimum Gasteiger partial charge on any atom is -0.298 e. The summed E-state index contributed by atoms with van der Waals surface area (Å²) in [6, 6.07) is 5.24. The molecule has 1 aromatic heterocycles. The number of carbonyl (C=O) groups is 1. The summed E-state index contributed by atoms with van der Waals surface area (Å²) in [5.41, 5.74) is 0.579. The van der Waals surface area contributed by atoms with Crippen molar-refractivity contribution in [2.45, 2.75) is 22.6 Å². The molecule has 17 heavy (non-hydrogen) atoms. The number of aromatic nitrogens is 2. The summed E-state index contributed by atoms with van der Waals surface area (Å²) in [7, 11) is 0. The predicted molar refractivity (Wildman–Crippen MR) is 70.2 cm³/mol. The highest BCUT2D eigenvalue weighted by Crippen LogP contribution is 2.32. The molecule has 0 atom stereocenters. The Bertz CT molecular complexity index is 542. The Balaban J connectivity index is 2.26. The van der Waals surface area contributed by atoms with Crippen molar-refractivity contribution in [2.24, 2.45) is 0 Å². The van der Waals surface area contributed by atoms with E-state index in [9.17, 15) is 4.79 Å². The molecule has 3 nitrogen and oxygen atoms in total. The van der Waals surface area contributed by atoms with E-state index in [4.69, 9.17) is 11.6 Å². The minimum absolute atomic E-state index is 0.558. The predicted octanol–water partition coefficient (Wildman–Crippen LogP) is 3.72. The molecule has 0 aliphatic rings. The molecule has 0 saturated carbocycles. The van der Waals surface area contributed by atoms with Crippen LogP contribution in [0.5, 0.6) is 0 Å². The molecule has 0 aliphatic heterocycles. The maximum absolute atomic E-state index is 10.9. The number of hydrogen-bond donors (Lipinski definition) is 0. The van der Waals surface area contributed by atoms with E-state index >= 15 is 0 Å². The van der Waals surface area contributed by atoms with Gasteiger partial charge in [-0.1, -0.05) is 30.3 Å². The molecule has 0 saturated heterocycles. The van der Waals surface area contributed by atoms with Crippen LogP contribution >= 0.6 is 34.9 Å². The largest absolute Gasteiger partial charge is 0.298 e. The standard InChI is InChI=1S/C11H9ClN2OS2/c1-2-10-13-11(17-14-10)16-9-4-3-8(12)5-7(9)6-15/h3-6H,2H2,1H3. The summed E-state index contributed by atoms with van der Waals surface area (Å²) in [4.78, 5) is 16.1. The Morgan fingerprint density at radius 2 is 2.35 bits per heavy atom. The number of rotatable bonds is 4. The third-order valence-electron chi connectivity index (χ3n) is 2.06. The van der Waals surface area contributed by atoms with E-state index in [1.54, 1.807) is 12.1 Å². The van der Waals surface area contributed by atoms with Crippen LogP contribution in [0, 0.1) is 0 Å². The van der Waals surface area contributed by atoms with Gasteiger partial charge in [-0.3, -0.25) is 4.79 Å². The molecule has 0 N–H and O–H groups in total. The summed E-state index contributed by atoms with van der Waals surface area (Å²) in [5.74, 6) is 0.833. The van der Waals surface area contributed by atoms with Crippen molar-refractivity contribution in [3.05, 3.63) is 34.6 Å². The monoisotopic (exact) mass is 284 g/mol. The van der Waals surface area contributed by atoms with Crippen molar-refractivity contribution >= 4 is 41.2 Å². The van der Waals surface area contributed by atoms with Gasteiger partial charge in [-0.2, -0.15) is 4.37 Å². The van der Waals surface area contributed by atoms with Crippen LogP contribution in [-0.2, 0) is 6.42 Å². The van der Waals surface area contributed by atoms with E-state index in [2.05, 4.69) is 9.36 Å². The first kappa shape index (κ1) is 12.5. The molecule has 2 aromatic rings. The van der Waals surface area contributed by atoms with Crippen molar-refractivity contribution in [3.63, 3.8) is 0 Å². The fourth-order valence-electron chi connectivity index (χ4n) is 1.22. The summed E-state index contributed by atoms with van der Waals surface area (Å²) in [5, 5.41) is 0.558. The van der Waals surface area contributed by atoms with Crippen molar-refractivity contribution in [3.8, 4) is 0 Å². The van der Waals surface area contributed by atoms with Gasteiger partial charge in [0.2, 0.25) is 0 Å². The van der Waals surface area contributed by atoms with Crippen LogP contribution in [0.3, 0.4) is 0 Å². The van der Waals surface area contributed by atoms with Crippen molar-refractivity contribution in [1.82, 2.24) is 9.36 Å². The van der Waals surface area contributed by atoms with Crippen molar-refractivity contribution in [2.75, 3.05) is 0 Å². The lowest BCUT2D eigenvalue weighted by atomic mass is 10.2. The van der Waals surface area contributed by atoms with Gasteiger partial charge >= 0.3 is 0 Å². The first-order valence-corrected chi connectivity index (χ1v) is 6.95. The SMILES string of the molecule is CCc1nsc(Sc2ccc(Cl)cc2C=O)n1. The molecule has 0 bridgehead atoms. The average Bonchev–Trinajstić information content (AvgIpc) is 2.79. The van der Waals surface area contributed by atoms with Gasteiger partial charge < -0.3 is 0 Å². The number of aldehydes is 1. The molecular formula is C11H9ClN2OS2. The van der Waals surface area contributed by atoms with Gasteiger partial charge in [-0.15, -0.1) is 0 Å². The Morgan fingerprint density at radius 3 is 3.00 bits per heavy atom. The van der Waals surface area contributed by atoms with E-state index in [0.29, 0.717) is 10.6 Å². The Labute approximate surface area is 112 Å². The Morgan fingerprint density at radius 1 is 1.53 bits per heavy atom. The lowest BCUT2D eigenvalue weighted by molar-refractivity contribution is 0.112. The van der Waals surface area contributed by atoms with Crippen LogP contribution in [0.2, 0.25) is 5.02 Å². The number of aryl methyl sites for hydroxylation is 1. The first-order valence-electron chi connectivity index (χ1n) is 4.98. The van der Waals surface area contributed by atoms with Gasteiger partial charge in [-0.25, -0.2) is 4.98 Å². The molecule has 0 spiro atoms. The van der Waals surface area contributed by atoms with Gasteiger partial charge in [0.05, 0.1) is 0 Å². The second kappa shape index (κ2) is 5.62. The normalized spacial score (nSPS) is 10.5. The van der Waals surface area contributed by atoms with Crippen LogP contribution in [0.1, 0.15) is 23.1 Å². The quantitative estimate of drug-likeness (QED) is 0.803. The second-order valence-corrected chi connectivity index (χ2v) is 5.71. The molecule has 88 valence electrons. The maximum Gasteiger partial charge on any atom is 0.174 e. The minimum atomic E-state index is 0.558. The fourth-order valence-corrected chi connectivity index (χ4v) is 3.13. The molecule has 6 heteroatoms. The zero-order valence-corrected chi connectivity index (χ0v) is 11.4. The molecule has 0 radical (unpaired) electrons. The van der Waals surface area contributed by atoms with E-state index < -0.39 is 0 Å². The molecule has 1 heterocycles. The molecule has 0 amide bonds. The van der Waals surface area contributed by atoms with E-state index in [1.165, 1.54) is 23.3 Å². The van der Waals surface area contributed by atoms with Crippen molar-refractivity contribution in [1.29, 1.82) is 0 Å². The highest BCUT2D eigenvalue weighted by Gasteiger charge is 2.08. The smallest absolute Gasteiger partial charge is 0.174 e. The van der Waals surface area contributed by atoms with Gasteiger partial charge in [0.15, 0.2) is 10.6 Å². The number of nitrogens with zero attached hydrogens (tertiary/aromatic N) is 2. The van der Waals surface area contributed by atoms with Crippen LogP contribution in [-0.4, -0.2) is 15.6 Å². The average molecular weight is 285 g/mol. The van der Waals surface area contributed by atoms with E-state index in [-0.39, 0.29) is 0 Å². The van der Waals surface area contributed by atoms with Gasteiger partial charge in [0.1, 0.15) is 5.82 Å². The van der Waals surface area contributed by atoms with Gasteiger partial charge in [-0.05, 0) is 29.7 Å². The van der Waals surface area contributed by atoms with Gasteiger partial charge in [0.25, 0.3) is 0 Å². The molecule has 2 rings (SSSR count). The number of hydrogen-bond acceptors (Lipinski definition) is 5. The van der Waals surface area contributed by atoms with Crippen LogP contribution in [0.25, 0.3) is 0 Å². The highest BCUT2D eigenvalue weighted by atomic mass is 35.5. The first-order chi connectivity index (χ1) is 8.22. The number of benzene rings is 1. The molecular weight excluding hydrogens is 276 g/mol. The molecule has 0 fully saturated rings. The van der Waals surface area contributed by atoms with Crippen LogP contribution < -0.4 is 0 Å².